The van der Waals surface area contributed by atoms with E-state index >= 15 is 0 Å². The average molecular weight is 422 g/mol. The first-order valence-electron chi connectivity index (χ1n) is 9.10. The molecule has 1 fully saturated rings. The molecular formula is C20H24ClN3O3S. The number of benzene rings is 2. The molecule has 0 N–H and O–H groups in total. The van der Waals surface area contributed by atoms with E-state index in [1.54, 1.807) is 29.2 Å². The largest absolute Gasteiger partial charge is 0.339 e. The van der Waals surface area contributed by atoms with E-state index in [2.05, 4.69) is 17.0 Å². The topological polar surface area (TPSA) is 60.9 Å². The Morgan fingerprint density at radius 3 is 2.18 bits per heavy atom. The molecule has 1 saturated heterocycles. The van der Waals surface area contributed by atoms with E-state index < -0.39 is 10.0 Å². The summed E-state index contributed by atoms with van der Waals surface area (Å²) in [6.45, 7) is 3.34. The second kappa shape index (κ2) is 8.94. The Labute approximate surface area is 171 Å². The molecule has 0 radical (unpaired) electrons. The Morgan fingerprint density at radius 2 is 1.61 bits per heavy atom. The minimum absolute atomic E-state index is 0.195. The van der Waals surface area contributed by atoms with Gasteiger partial charge in [0.15, 0.2) is 0 Å². The van der Waals surface area contributed by atoms with E-state index in [0.29, 0.717) is 23.8 Å². The first-order valence-corrected chi connectivity index (χ1v) is 11.3. The SMILES string of the molecule is CS(=O)(=O)N(CC(=O)N1CCN(Cc2ccccc2)CC1)c1ccc(Cl)cc1. The third kappa shape index (κ3) is 5.47. The first kappa shape index (κ1) is 20.6. The monoisotopic (exact) mass is 421 g/mol. The number of carbonyl (C=O) groups excluding carboxylic acids is 1. The number of sulfonamides is 1. The van der Waals surface area contributed by atoms with Crippen molar-refractivity contribution in [3.05, 3.63) is 65.2 Å². The van der Waals surface area contributed by atoms with Gasteiger partial charge in [0.2, 0.25) is 15.9 Å². The van der Waals surface area contributed by atoms with E-state index in [0.717, 1.165) is 30.2 Å². The van der Waals surface area contributed by atoms with Gasteiger partial charge in [-0.3, -0.25) is 14.0 Å². The van der Waals surface area contributed by atoms with Crippen molar-refractivity contribution < 1.29 is 13.2 Å². The highest BCUT2D eigenvalue weighted by atomic mass is 35.5. The summed E-state index contributed by atoms with van der Waals surface area (Å²) in [5.41, 5.74) is 1.68. The molecule has 1 aliphatic heterocycles. The zero-order chi connectivity index (χ0) is 20.1. The zero-order valence-electron chi connectivity index (χ0n) is 15.8. The Balaban J connectivity index is 1.60. The van der Waals surface area contributed by atoms with Crippen LogP contribution in [0, 0.1) is 0 Å². The maximum absolute atomic E-state index is 12.7. The molecule has 28 heavy (non-hydrogen) atoms. The van der Waals surface area contributed by atoms with E-state index in [-0.39, 0.29) is 12.5 Å². The highest BCUT2D eigenvalue weighted by molar-refractivity contribution is 7.92. The van der Waals surface area contributed by atoms with Crippen LogP contribution in [0.15, 0.2) is 54.6 Å². The lowest BCUT2D eigenvalue weighted by Gasteiger charge is -2.35. The molecule has 0 aromatic heterocycles. The number of hydrogen-bond donors (Lipinski definition) is 0. The molecule has 1 heterocycles. The lowest BCUT2D eigenvalue weighted by atomic mass is 10.2. The Bertz CT molecular complexity index is 896. The first-order chi connectivity index (χ1) is 13.3. The second-order valence-electron chi connectivity index (χ2n) is 6.89. The molecule has 1 aliphatic rings. The highest BCUT2D eigenvalue weighted by Gasteiger charge is 2.26. The summed E-state index contributed by atoms with van der Waals surface area (Å²) in [6, 6.07) is 16.7. The number of piperazine rings is 1. The van der Waals surface area contributed by atoms with Gasteiger partial charge in [-0.1, -0.05) is 41.9 Å². The molecule has 0 aliphatic carbocycles. The van der Waals surface area contributed by atoms with E-state index in [9.17, 15) is 13.2 Å². The number of amides is 1. The minimum Gasteiger partial charge on any atom is -0.339 e. The highest BCUT2D eigenvalue weighted by Crippen LogP contribution is 2.21. The summed E-state index contributed by atoms with van der Waals surface area (Å²) in [7, 11) is -3.58. The van der Waals surface area contributed by atoms with Crippen molar-refractivity contribution in [1.82, 2.24) is 9.80 Å². The summed E-state index contributed by atoms with van der Waals surface area (Å²) in [5, 5.41) is 0.512. The molecule has 0 unspecified atom stereocenters. The van der Waals surface area contributed by atoms with Gasteiger partial charge < -0.3 is 4.90 Å². The van der Waals surface area contributed by atoms with Crippen LogP contribution in [0.5, 0.6) is 0 Å². The third-order valence-corrected chi connectivity index (χ3v) is 6.16. The Morgan fingerprint density at radius 1 is 1.00 bits per heavy atom. The molecule has 2 aromatic carbocycles. The van der Waals surface area contributed by atoms with Crippen LogP contribution in [0.25, 0.3) is 0 Å². The molecule has 3 rings (SSSR count). The number of carbonyl (C=O) groups is 1. The molecule has 1 amide bonds. The molecule has 0 spiro atoms. The minimum atomic E-state index is -3.58. The summed E-state index contributed by atoms with van der Waals surface area (Å²) in [6.07, 6.45) is 1.10. The lowest BCUT2D eigenvalue weighted by Crippen LogP contribution is -2.51. The van der Waals surface area contributed by atoms with Crippen molar-refractivity contribution in [2.75, 3.05) is 43.3 Å². The van der Waals surface area contributed by atoms with Crippen molar-refractivity contribution in [2.24, 2.45) is 0 Å². The molecule has 0 atom stereocenters. The molecule has 0 bridgehead atoms. The van der Waals surface area contributed by atoms with Crippen molar-refractivity contribution in [1.29, 1.82) is 0 Å². The van der Waals surface area contributed by atoms with Crippen molar-refractivity contribution in [3.8, 4) is 0 Å². The predicted octanol–water partition coefficient (Wildman–Crippen LogP) is 2.45. The van der Waals surface area contributed by atoms with Crippen LogP contribution in [0.2, 0.25) is 5.02 Å². The molecule has 150 valence electrons. The van der Waals surface area contributed by atoms with Gasteiger partial charge in [-0.15, -0.1) is 0 Å². The summed E-state index contributed by atoms with van der Waals surface area (Å²) >= 11 is 5.88. The molecular weight excluding hydrogens is 398 g/mol. The van der Waals surface area contributed by atoms with Gasteiger partial charge in [-0.05, 0) is 29.8 Å². The van der Waals surface area contributed by atoms with Crippen molar-refractivity contribution >= 4 is 33.2 Å². The van der Waals surface area contributed by atoms with Gasteiger partial charge in [0.1, 0.15) is 6.54 Å². The van der Waals surface area contributed by atoms with Crippen LogP contribution >= 0.6 is 11.6 Å². The summed E-state index contributed by atoms with van der Waals surface area (Å²) in [4.78, 5) is 16.8. The van der Waals surface area contributed by atoms with Crippen LogP contribution in [-0.2, 0) is 21.4 Å². The number of rotatable bonds is 6. The van der Waals surface area contributed by atoms with Gasteiger partial charge >= 0.3 is 0 Å². The Hall–Kier alpha value is -2.09. The summed E-state index contributed by atoms with van der Waals surface area (Å²) < 4.78 is 25.5. The smallest absolute Gasteiger partial charge is 0.243 e. The van der Waals surface area contributed by atoms with E-state index in [1.807, 2.05) is 18.2 Å². The van der Waals surface area contributed by atoms with E-state index in [1.165, 1.54) is 5.56 Å². The van der Waals surface area contributed by atoms with Gasteiger partial charge in [-0.2, -0.15) is 0 Å². The molecule has 8 heteroatoms. The van der Waals surface area contributed by atoms with Crippen LogP contribution in [0.1, 0.15) is 5.56 Å². The fourth-order valence-corrected chi connectivity index (χ4v) is 4.20. The average Bonchev–Trinajstić information content (AvgIpc) is 2.67. The fraction of sp³-hybridized carbons (Fsp3) is 0.350. The standard InChI is InChI=1S/C20H24ClN3O3S/c1-28(26,27)24(19-9-7-18(21)8-10-19)16-20(25)23-13-11-22(12-14-23)15-17-5-3-2-4-6-17/h2-10H,11-16H2,1H3. The van der Waals surface area contributed by atoms with Crippen molar-refractivity contribution in [2.45, 2.75) is 6.54 Å². The lowest BCUT2D eigenvalue weighted by molar-refractivity contribution is -0.131. The molecule has 6 nitrogen and oxygen atoms in total. The van der Waals surface area contributed by atoms with Crippen LogP contribution < -0.4 is 4.31 Å². The quantitative estimate of drug-likeness (QED) is 0.718. The molecule has 0 saturated carbocycles. The van der Waals surface area contributed by atoms with Crippen LogP contribution in [0.4, 0.5) is 5.69 Å². The van der Waals surface area contributed by atoms with Crippen LogP contribution in [0.3, 0.4) is 0 Å². The predicted molar refractivity (Wildman–Crippen MR) is 112 cm³/mol. The van der Waals surface area contributed by atoms with Gasteiger partial charge in [0, 0.05) is 37.7 Å². The van der Waals surface area contributed by atoms with Crippen molar-refractivity contribution in [3.63, 3.8) is 0 Å². The number of nitrogens with zero attached hydrogens (tertiary/aromatic N) is 3. The number of halogens is 1. The third-order valence-electron chi connectivity index (χ3n) is 4.77. The maximum Gasteiger partial charge on any atom is 0.243 e. The van der Waals surface area contributed by atoms with E-state index in [4.69, 9.17) is 11.6 Å². The number of anilines is 1. The maximum atomic E-state index is 12.7. The molecule has 2 aromatic rings. The number of hydrogen-bond acceptors (Lipinski definition) is 4. The normalized spacial score (nSPS) is 15.4. The second-order valence-corrected chi connectivity index (χ2v) is 9.23. The van der Waals surface area contributed by atoms with Gasteiger partial charge in [0.05, 0.1) is 11.9 Å². The fourth-order valence-electron chi connectivity index (χ4n) is 3.23. The Kier molecular flexibility index (Phi) is 6.59. The van der Waals surface area contributed by atoms with Gasteiger partial charge in [-0.25, -0.2) is 8.42 Å². The zero-order valence-corrected chi connectivity index (χ0v) is 17.4. The van der Waals surface area contributed by atoms with Crippen LogP contribution in [-0.4, -0.2) is 63.1 Å². The van der Waals surface area contributed by atoms with Gasteiger partial charge in [0.25, 0.3) is 0 Å². The summed E-state index contributed by atoms with van der Waals surface area (Å²) in [5.74, 6) is -0.195.